The summed E-state index contributed by atoms with van der Waals surface area (Å²) in [6, 6.07) is 0.602. The van der Waals surface area contributed by atoms with Gasteiger partial charge in [0, 0.05) is 13.1 Å². The van der Waals surface area contributed by atoms with Crippen LogP contribution in [0, 0.1) is 0 Å². The molecule has 0 spiro atoms. The van der Waals surface area contributed by atoms with Gasteiger partial charge in [-0.25, -0.2) is 0 Å². The quantitative estimate of drug-likeness (QED) is 0.796. The molecule has 0 bridgehead atoms. The van der Waals surface area contributed by atoms with E-state index < -0.39 is 0 Å². The zero-order chi connectivity index (χ0) is 13.0. The Morgan fingerprint density at radius 1 is 1.28 bits per heavy atom. The van der Waals surface area contributed by atoms with E-state index in [-0.39, 0.29) is 12.2 Å². The highest BCUT2D eigenvalue weighted by Crippen LogP contribution is 2.18. The van der Waals surface area contributed by atoms with E-state index in [1.54, 1.807) is 0 Å². The third-order valence-corrected chi connectivity index (χ3v) is 2.85. The molecule has 1 aromatic heterocycles. The Hall–Kier alpha value is -1.14. The van der Waals surface area contributed by atoms with E-state index in [0.29, 0.717) is 18.5 Å². The average Bonchev–Trinajstić information content (AvgIpc) is 2.77. The minimum atomic E-state index is 0.197. The summed E-state index contributed by atoms with van der Waals surface area (Å²) in [5.41, 5.74) is 0. The van der Waals surface area contributed by atoms with Crippen LogP contribution in [-0.2, 0) is 11.3 Å². The predicted molar refractivity (Wildman–Crippen MR) is 68.5 cm³/mol. The van der Waals surface area contributed by atoms with Gasteiger partial charge in [0.15, 0.2) is 0 Å². The summed E-state index contributed by atoms with van der Waals surface area (Å²) in [6.45, 7) is 9.44. The first-order chi connectivity index (χ1) is 8.69. The maximum absolute atomic E-state index is 5.68. The number of hydrogen-bond donors (Lipinski definition) is 1. The number of hydrogen-bond acceptors (Lipinski definition) is 6. The first-order valence-corrected chi connectivity index (χ1v) is 6.62. The number of aromatic nitrogens is 2. The molecule has 1 aliphatic heterocycles. The van der Waals surface area contributed by atoms with Crippen molar-refractivity contribution >= 4 is 6.01 Å². The second kappa shape index (κ2) is 6.15. The van der Waals surface area contributed by atoms with Crippen molar-refractivity contribution < 1.29 is 9.15 Å². The third-order valence-electron chi connectivity index (χ3n) is 2.85. The average molecular weight is 254 g/mol. The third kappa shape index (κ3) is 3.43. The van der Waals surface area contributed by atoms with E-state index in [1.165, 1.54) is 0 Å². The van der Waals surface area contributed by atoms with Crippen LogP contribution in [-0.4, -0.2) is 42.0 Å². The fourth-order valence-corrected chi connectivity index (χ4v) is 2.15. The summed E-state index contributed by atoms with van der Waals surface area (Å²) < 4.78 is 11.3. The molecule has 18 heavy (non-hydrogen) atoms. The van der Waals surface area contributed by atoms with E-state index in [4.69, 9.17) is 9.15 Å². The first kappa shape index (κ1) is 13.3. The fraction of sp³-hybridized carbons (Fsp3) is 0.833. The Labute approximate surface area is 108 Å². The number of nitrogens with zero attached hydrogens (tertiary/aromatic N) is 3. The topological polar surface area (TPSA) is 63.4 Å². The molecule has 2 heterocycles. The zero-order valence-electron chi connectivity index (χ0n) is 11.3. The SMILES string of the molecule is CCCNCc1nnc(N2C[C@@H](C)O[C@@H](C)C2)o1. The van der Waals surface area contributed by atoms with Crippen LogP contribution in [0.15, 0.2) is 4.42 Å². The number of nitrogens with one attached hydrogen (secondary N) is 1. The highest BCUT2D eigenvalue weighted by Gasteiger charge is 2.25. The van der Waals surface area contributed by atoms with Crippen LogP contribution in [0.5, 0.6) is 0 Å². The van der Waals surface area contributed by atoms with E-state index in [9.17, 15) is 0 Å². The van der Waals surface area contributed by atoms with Crippen molar-refractivity contribution in [3.8, 4) is 0 Å². The molecule has 2 atom stereocenters. The van der Waals surface area contributed by atoms with Gasteiger partial charge in [0.05, 0.1) is 18.8 Å². The molecule has 1 aromatic rings. The minimum absolute atomic E-state index is 0.197. The van der Waals surface area contributed by atoms with Gasteiger partial charge in [-0.1, -0.05) is 12.0 Å². The van der Waals surface area contributed by atoms with Crippen LogP contribution < -0.4 is 10.2 Å². The van der Waals surface area contributed by atoms with Crippen molar-refractivity contribution in [1.29, 1.82) is 0 Å². The monoisotopic (exact) mass is 254 g/mol. The number of morpholine rings is 1. The van der Waals surface area contributed by atoms with Gasteiger partial charge in [0.2, 0.25) is 5.89 Å². The van der Waals surface area contributed by atoms with Gasteiger partial charge in [0.1, 0.15) is 0 Å². The lowest BCUT2D eigenvalue weighted by Gasteiger charge is -2.33. The molecular weight excluding hydrogens is 232 g/mol. The van der Waals surface area contributed by atoms with Crippen molar-refractivity contribution in [2.45, 2.75) is 45.9 Å². The van der Waals surface area contributed by atoms with Gasteiger partial charge in [-0.05, 0) is 26.8 Å². The van der Waals surface area contributed by atoms with Crippen molar-refractivity contribution in [3.05, 3.63) is 5.89 Å². The number of rotatable bonds is 5. The molecule has 0 aromatic carbocycles. The molecule has 1 fully saturated rings. The Morgan fingerprint density at radius 3 is 2.67 bits per heavy atom. The molecule has 1 aliphatic rings. The van der Waals surface area contributed by atoms with Crippen molar-refractivity contribution in [1.82, 2.24) is 15.5 Å². The molecule has 6 heteroatoms. The second-order valence-corrected chi connectivity index (χ2v) is 4.82. The van der Waals surface area contributed by atoms with Crippen LogP contribution >= 0.6 is 0 Å². The Balaban J connectivity index is 1.92. The summed E-state index contributed by atoms with van der Waals surface area (Å²) in [6.07, 6.45) is 1.49. The van der Waals surface area contributed by atoms with Gasteiger partial charge < -0.3 is 19.4 Å². The first-order valence-electron chi connectivity index (χ1n) is 6.62. The number of anilines is 1. The molecule has 102 valence electrons. The van der Waals surface area contributed by atoms with Gasteiger partial charge in [-0.2, -0.15) is 0 Å². The molecule has 0 saturated carbocycles. The van der Waals surface area contributed by atoms with Crippen LogP contribution in [0.2, 0.25) is 0 Å². The molecule has 1 saturated heterocycles. The molecule has 0 aliphatic carbocycles. The fourth-order valence-electron chi connectivity index (χ4n) is 2.15. The molecular formula is C12H22N4O2. The molecule has 0 radical (unpaired) electrons. The van der Waals surface area contributed by atoms with Crippen molar-refractivity contribution in [3.63, 3.8) is 0 Å². The van der Waals surface area contributed by atoms with E-state index in [0.717, 1.165) is 26.1 Å². The summed E-state index contributed by atoms with van der Waals surface area (Å²) in [5, 5.41) is 11.4. The zero-order valence-corrected chi connectivity index (χ0v) is 11.3. The largest absolute Gasteiger partial charge is 0.407 e. The van der Waals surface area contributed by atoms with Crippen LogP contribution in [0.25, 0.3) is 0 Å². The molecule has 1 N–H and O–H groups in total. The maximum Gasteiger partial charge on any atom is 0.318 e. The second-order valence-electron chi connectivity index (χ2n) is 4.82. The lowest BCUT2D eigenvalue weighted by atomic mass is 10.2. The number of ether oxygens (including phenoxy) is 1. The van der Waals surface area contributed by atoms with Crippen molar-refractivity contribution in [2.75, 3.05) is 24.5 Å². The summed E-state index contributed by atoms with van der Waals surface area (Å²) in [4.78, 5) is 2.09. The normalized spacial score (nSPS) is 24.5. The van der Waals surface area contributed by atoms with E-state index in [1.807, 2.05) is 0 Å². The van der Waals surface area contributed by atoms with Crippen molar-refractivity contribution in [2.24, 2.45) is 0 Å². The molecule has 6 nitrogen and oxygen atoms in total. The van der Waals surface area contributed by atoms with Gasteiger partial charge >= 0.3 is 6.01 Å². The summed E-state index contributed by atoms with van der Waals surface area (Å²) in [7, 11) is 0. The van der Waals surface area contributed by atoms with Crippen LogP contribution in [0.1, 0.15) is 33.1 Å². The summed E-state index contributed by atoms with van der Waals surface area (Å²) >= 11 is 0. The highest BCUT2D eigenvalue weighted by atomic mass is 16.5. The van der Waals surface area contributed by atoms with E-state index >= 15 is 0 Å². The predicted octanol–water partition coefficient (Wildman–Crippen LogP) is 1.18. The summed E-state index contributed by atoms with van der Waals surface area (Å²) in [5.74, 6) is 0.644. The van der Waals surface area contributed by atoms with Gasteiger partial charge in [0.25, 0.3) is 0 Å². The molecule has 0 amide bonds. The highest BCUT2D eigenvalue weighted by molar-refractivity contribution is 5.25. The Kier molecular flexibility index (Phi) is 4.54. The lowest BCUT2D eigenvalue weighted by molar-refractivity contribution is -0.00676. The standard InChI is InChI=1S/C12H22N4O2/c1-4-5-13-6-11-14-15-12(18-11)16-7-9(2)17-10(3)8-16/h9-10,13H,4-8H2,1-3H3/t9-,10+. The Bertz CT molecular complexity index is 359. The molecule has 0 unspecified atom stereocenters. The minimum Gasteiger partial charge on any atom is -0.407 e. The maximum atomic E-state index is 5.68. The van der Waals surface area contributed by atoms with E-state index in [2.05, 4.69) is 41.2 Å². The van der Waals surface area contributed by atoms with Gasteiger partial charge in [-0.3, -0.25) is 0 Å². The van der Waals surface area contributed by atoms with Crippen LogP contribution in [0.4, 0.5) is 6.01 Å². The lowest BCUT2D eigenvalue weighted by Crippen LogP contribution is -2.45. The Morgan fingerprint density at radius 2 is 2.00 bits per heavy atom. The van der Waals surface area contributed by atoms with Crippen LogP contribution in [0.3, 0.4) is 0 Å². The van der Waals surface area contributed by atoms with Gasteiger partial charge in [-0.15, -0.1) is 5.10 Å². The smallest absolute Gasteiger partial charge is 0.318 e. The molecule has 2 rings (SSSR count).